The van der Waals surface area contributed by atoms with Gasteiger partial charge in [0.2, 0.25) is 10.8 Å². The molecule has 1 amide bonds. The van der Waals surface area contributed by atoms with Crippen LogP contribution in [0.3, 0.4) is 0 Å². The fourth-order valence-electron chi connectivity index (χ4n) is 4.06. The fourth-order valence-corrected chi connectivity index (χ4v) is 4.06. The lowest BCUT2D eigenvalue weighted by atomic mass is 9.58. The van der Waals surface area contributed by atoms with Crippen LogP contribution in [0.25, 0.3) is 0 Å². The molecule has 0 radical (unpaired) electrons. The number of amides is 1. The molecule has 2 bridgehead atoms. The molecule has 2 rings (SSSR count). The van der Waals surface area contributed by atoms with Gasteiger partial charge < -0.3 is 4.74 Å². The van der Waals surface area contributed by atoms with E-state index in [2.05, 4.69) is 0 Å². The molecule has 0 aromatic heterocycles. The SMILES string of the molecule is CCOC(=O)N1C2C(C)=CC=C(C(C)(C)C)C1C(C#N)(C#N)C2(C#N)C#N. The summed E-state index contributed by atoms with van der Waals surface area (Å²) >= 11 is 0. The summed E-state index contributed by atoms with van der Waals surface area (Å²) in [6.07, 6.45) is 2.79. The zero-order chi connectivity index (χ0) is 20.6. The largest absolute Gasteiger partial charge is 0.450 e. The third-order valence-corrected chi connectivity index (χ3v) is 5.30. The highest BCUT2D eigenvalue weighted by Gasteiger charge is 2.75. The highest BCUT2D eigenvalue weighted by Crippen LogP contribution is 2.60. The van der Waals surface area contributed by atoms with Gasteiger partial charge in [-0.15, -0.1) is 0 Å². The minimum atomic E-state index is -2.05. The van der Waals surface area contributed by atoms with Crippen LogP contribution in [0.4, 0.5) is 4.79 Å². The zero-order valence-corrected chi connectivity index (χ0v) is 16.1. The summed E-state index contributed by atoms with van der Waals surface area (Å²) in [6, 6.07) is 5.60. The van der Waals surface area contributed by atoms with Crippen molar-refractivity contribution < 1.29 is 9.53 Å². The standard InChI is InChI=1S/C20H21N5O2/c1-6-27-17(26)25-15-13(2)7-8-14(18(3,4)5)16(25)20(11-23,12-24)19(15,9-21)10-22/h7-8,15-16H,6H2,1-5H3. The lowest BCUT2D eigenvalue weighted by Gasteiger charge is -2.37. The van der Waals surface area contributed by atoms with Crippen molar-refractivity contribution in [1.29, 1.82) is 21.0 Å². The Bertz CT molecular complexity index is 867. The molecule has 1 saturated heterocycles. The predicted molar refractivity (Wildman–Crippen MR) is 95.1 cm³/mol. The minimum absolute atomic E-state index is 0.0876. The summed E-state index contributed by atoms with van der Waals surface area (Å²) in [6.45, 7) is 9.09. The molecule has 2 atom stereocenters. The summed E-state index contributed by atoms with van der Waals surface area (Å²) in [5.41, 5.74) is -3.46. The van der Waals surface area contributed by atoms with E-state index in [1.165, 1.54) is 4.90 Å². The number of hydrogen-bond donors (Lipinski definition) is 0. The van der Waals surface area contributed by atoms with E-state index in [-0.39, 0.29) is 6.61 Å². The van der Waals surface area contributed by atoms with E-state index >= 15 is 0 Å². The zero-order valence-electron chi connectivity index (χ0n) is 16.1. The molecule has 138 valence electrons. The lowest BCUT2D eigenvalue weighted by molar-refractivity contribution is 0.0907. The van der Waals surface area contributed by atoms with Crippen LogP contribution in [-0.4, -0.2) is 29.7 Å². The minimum Gasteiger partial charge on any atom is -0.450 e. The maximum Gasteiger partial charge on any atom is 0.410 e. The Morgan fingerprint density at radius 1 is 1.07 bits per heavy atom. The van der Waals surface area contributed by atoms with Gasteiger partial charge in [0.1, 0.15) is 0 Å². The molecule has 7 nitrogen and oxygen atoms in total. The van der Waals surface area contributed by atoms with E-state index in [0.717, 1.165) is 0 Å². The molecule has 7 heteroatoms. The van der Waals surface area contributed by atoms with Crippen molar-refractivity contribution in [2.75, 3.05) is 6.61 Å². The maximum atomic E-state index is 12.9. The Kier molecular flexibility index (Phi) is 4.79. The fraction of sp³-hybridized carbons (Fsp3) is 0.550. The molecule has 0 aromatic carbocycles. The molecule has 0 spiro atoms. The average Bonchev–Trinajstić information content (AvgIpc) is 2.75. The Balaban J connectivity index is 3.01. The first-order chi connectivity index (χ1) is 12.6. The molecule has 1 fully saturated rings. The average molecular weight is 363 g/mol. The van der Waals surface area contributed by atoms with Gasteiger partial charge in [0.05, 0.1) is 43.0 Å². The quantitative estimate of drug-likeness (QED) is 0.704. The third kappa shape index (κ3) is 2.40. The highest BCUT2D eigenvalue weighted by atomic mass is 16.6. The van der Waals surface area contributed by atoms with E-state index in [1.54, 1.807) is 26.0 Å². The van der Waals surface area contributed by atoms with E-state index in [1.807, 2.05) is 45.0 Å². The smallest absolute Gasteiger partial charge is 0.410 e. The number of hydrogen-bond acceptors (Lipinski definition) is 6. The summed E-state index contributed by atoms with van der Waals surface area (Å²) < 4.78 is 5.19. The second-order valence-electron chi connectivity index (χ2n) is 7.76. The highest BCUT2D eigenvalue weighted by molar-refractivity contribution is 5.74. The van der Waals surface area contributed by atoms with Crippen molar-refractivity contribution in [2.24, 2.45) is 16.2 Å². The van der Waals surface area contributed by atoms with Crippen molar-refractivity contribution in [3.8, 4) is 24.3 Å². The molecule has 2 aliphatic heterocycles. The molecular formula is C20H21N5O2. The summed E-state index contributed by atoms with van der Waals surface area (Å²) in [5.74, 6) is 0. The van der Waals surface area contributed by atoms with Gasteiger partial charge in [-0.25, -0.2) is 4.79 Å². The van der Waals surface area contributed by atoms with Crippen LogP contribution in [0.15, 0.2) is 23.3 Å². The first-order valence-electron chi connectivity index (χ1n) is 8.60. The number of rotatable bonds is 1. The van der Waals surface area contributed by atoms with Crippen molar-refractivity contribution in [3.63, 3.8) is 0 Å². The van der Waals surface area contributed by atoms with Crippen LogP contribution in [0.5, 0.6) is 0 Å². The van der Waals surface area contributed by atoms with E-state index in [0.29, 0.717) is 11.1 Å². The molecule has 2 aliphatic rings. The van der Waals surface area contributed by atoms with Crippen LogP contribution in [0.1, 0.15) is 34.6 Å². The molecule has 2 unspecified atom stereocenters. The van der Waals surface area contributed by atoms with E-state index in [4.69, 9.17) is 4.74 Å². The van der Waals surface area contributed by atoms with Crippen molar-refractivity contribution >= 4 is 6.09 Å². The van der Waals surface area contributed by atoms with Gasteiger partial charge in [0, 0.05) is 0 Å². The topological polar surface area (TPSA) is 125 Å². The second-order valence-corrected chi connectivity index (χ2v) is 7.76. The number of allylic oxidation sites excluding steroid dienone is 2. The van der Waals surface area contributed by atoms with E-state index in [9.17, 15) is 25.8 Å². The van der Waals surface area contributed by atoms with Crippen LogP contribution < -0.4 is 0 Å². The summed E-state index contributed by atoms with van der Waals surface area (Å²) in [5, 5.41) is 40.1. The molecule has 27 heavy (non-hydrogen) atoms. The molecule has 0 saturated carbocycles. The molecule has 0 aliphatic carbocycles. The number of nitrogens with zero attached hydrogens (tertiary/aromatic N) is 5. The Hall–Kier alpha value is -3.29. The van der Waals surface area contributed by atoms with Crippen LogP contribution in [-0.2, 0) is 4.74 Å². The Morgan fingerprint density at radius 2 is 1.56 bits per heavy atom. The third-order valence-electron chi connectivity index (χ3n) is 5.30. The molecule has 2 heterocycles. The lowest BCUT2D eigenvalue weighted by Crippen LogP contribution is -2.48. The molecule has 0 N–H and O–H groups in total. The van der Waals surface area contributed by atoms with Gasteiger partial charge >= 0.3 is 6.09 Å². The van der Waals surface area contributed by atoms with Crippen molar-refractivity contribution in [3.05, 3.63) is 23.3 Å². The van der Waals surface area contributed by atoms with Gasteiger partial charge in [-0.1, -0.05) is 32.9 Å². The Morgan fingerprint density at radius 3 is 1.96 bits per heavy atom. The van der Waals surface area contributed by atoms with Crippen LogP contribution in [0.2, 0.25) is 0 Å². The number of fused-ring (bicyclic) bond motifs is 2. The number of carbonyl (C=O) groups excluding carboxylic acids is 1. The van der Waals surface area contributed by atoms with Gasteiger partial charge in [0.15, 0.2) is 0 Å². The predicted octanol–water partition coefficient (Wildman–Crippen LogP) is 3.20. The van der Waals surface area contributed by atoms with Gasteiger partial charge in [0.25, 0.3) is 0 Å². The number of nitriles is 4. The van der Waals surface area contributed by atoms with E-state index < -0.39 is 34.4 Å². The van der Waals surface area contributed by atoms with Crippen molar-refractivity contribution in [2.45, 2.75) is 46.7 Å². The number of carbonyl (C=O) groups is 1. The van der Waals surface area contributed by atoms with Gasteiger partial charge in [-0.05, 0) is 30.4 Å². The van der Waals surface area contributed by atoms with Crippen LogP contribution >= 0.6 is 0 Å². The van der Waals surface area contributed by atoms with Crippen LogP contribution in [0, 0.1) is 61.6 Å². The van der Waals surface area contributed by atoms with Crippen molar-refractivity contribution in [1.82, 2.24) is 4.90 Å². The van der Waals surface area contributed by atoms with Gasteiger partial charge in [-0.3, -0.25) is 4.90 Å². The normalized spacial score (nSPS) is 24.9. The second kappa shape index (κ2) is 6.46. The van der Waals surface area contributed by atoms with Gasteiger partial charge in [-0.2, -0.15) is 21.0 Å². The monoisotopic (exact) mass is 363 g/mol. The Labute approximate surface area is 159 Å². The first kappa shape index (κ1) is 20.0. The maximum absolute atomic E-state index is 12.9. The first-order valence-corrected chi connectivity index (χ1v) is 8.60. The molecular weight excluding hydrogens is 342 g/mol. The summed E-state index contributed by atoms with van der Waals surface area (Å²) in [4.78, 5) is 14.1. The number of ether oxygens (including phenoxy) is 1. The molecule has 0 aromatic rings. The summed E-state index contributed by atoms with van der Waals surface area (Å²) in [7, 11) is 0.